The molecule has 3 nitrogen and oxygen atoms in total. The van der Waals surface area contributed by atoms with Gasteiger partial charge in [0.05, 0.1) is 10.9 Å². The van der Waals surface area contributed by atoms with Crippen molar-refractivity contribution in [2.24, 2.45) is 5.92 Å². The van der Waals surface area contributed by atoms with E-state index in [9.17, 15) is 8.42 Å². The Bertz CT molecular complexity index is 1070. The Morgan fingerprint density at radius 1 is 1.08 bits per heavy atom. The number of nitrogens with zero attached hydrogens (tertiary/aromatic N) is 1. The average molecular weight is 370 g/mol. The summed E-state index contributed by atoms with van der Waals surface area (Å²) in [7, 11) is -3.46. The van der Waals surface area contributed by atoms with Gasteiger partial charge in [-0.2, -0.15) is 4.31 Å². The molecule has 0 radical (unpaired) electrons. The van der Waals surface area contributed by atoms with Crippen LogP contribution in [0, 0.1) is 12.8 Å². The van der Waals surface area contributed by atoms with E-state index < -0.39 is 10.0 Å². The normalized spacial score (nSPS) is 23.1. The van der Waals surface area contributed by atoms with E-state index in [0.717, 1.165) is 18.4 Å². The number of thiophene rings is 1. The third-order valence-corrected chi connectivity index (χ3v) is 8.59. The molecule has 25 heavy (non-hydrogen) atoms. The smallest absolute Gasteiger partial charge is 0.207 e. The molecular weight excluding hydrogens is 350 g/mol. The van der Waals surface area contributed by atoms with Gasteiger partial charge in [-0.05, 0) is 54.8 Å². The third kappa shape index (κ3) is 2.30. The van der Waals surface area contributed by atoms with Crippen molar-refractivity contribution >= 4 is 31.4 Å². The van der Waals surface area contributed by atoms with Gasteiger partial charge in [-0.25, -0.2) is 8.42 Å². The maximum absolute atomic E-state index is 13.3. The molecule has 5 heteroatoms. The van der Waals surface area contributed by atoms with E-state index in [0.29, 0.717) is 17.4 Å². The molecule has 3 aromatic rings. The molecule has 2 aromatic carbocycles. The molecule has 2 aliphatic rings. The molecule has 128 valence electrons. The summed E-state index contributed by atoms with van der Waals surface area (Å²) in [6.07, 6.45) is 1.95. The first-order valence-electron chi connectivity index (χ1n) is 8.63. The van der Waals surface area contributed by atoms with Crippen LogP contribution in [0.1, 0.15) is 28.5 Å². The van der Waals surface area contributed by atoms with Crippen molar-refractivity contribution < 1.29 is 8.42 Å². The second kappa shape index (κ2) is 5.40. The number of fused-ring (bicyclic) bond motifs is 6. The molecule has 0 saturated carbocycles. The van der Waals surface area contributed by atoms with Crippen LogP contribution in [0.4, 0.5) is 0 Å². The predicted octanol–water partition coefficient (Wildman–Crippen LogP) is 4.52. The molecule has 1 saturated heterocycles. The second-order valence-corrected chi connectivity index (χ2v) is 10.2. The summed E-state index contributed by atoms with van der Waals surface area (Å²) in [5.74, 6) is 0.436. The molecule has 1 fully saturated rings. The molecule has 2 atom stereocenters. The van der Waals surface area contributed by atoms with Gasteiger partial charge < -0.3 is 0 Å². The zero-order valence-electron chi connectivity index (χ0n) is 14.0. The fourth-order valence-corrected chi connectivity index (χ4v) is 7.37. The molecule has 5 rings (SSSR count). The molecule has 1 aromatic heterocycles. The Morgan fingerprint density at radius 2 is 1.84 bits per heavy atom. The summed E-state index contributed by atoms with van der Waals surface area (Å²) in [5.41, 5.74) is 2.33. The highest BCUT2D eigenvalue weighted by Gasteiger charge is 2.46. The molecule has 0 amide bonds. The molecule has 1 aliphatic carbocycles. The predicted molar refractivity (Wildman–Crippen MR) is 101 cm³/mol. The van der Waals surface area contributed by atoms with Gasteiger partial charge in [0.15, 0.2) is 0 Å². The SMILES string of the molecule is Cc1ccc(S(=O)(=O)N2C[C@H]3Cc4sc5ccccc5c4[C@@H]2C3)cc1. The molecule has 2 bridgehead atoms. The number of hydrogen-bond donors (Lipinski definition) is 0. The minimum atomic E-state index is -3.46. The molecule has 2 heterocycles. The third-order valence-electron chi connectivity index (χ3n) is 5.49. The van der Waals surface area contributed by atoms with E-state index in [1.807, 2.05) is 30.4 Å². The first-order valence-corrected chi connectivity index (χ1v) is 10.9. The lowest BCUT2D eigenvalue weighted by Gasteiger charge is -2.25. The van der Waals surface area contributed by atoms with E-state index in [1.165, 1.54) is 20.5 Å². The fourth-order valence-electron chi connectivity index (χ4n) is 4.31. The summed E-state index contributed by atoms with van der Waals surface area (Å²) in [4.78, 5) is 1.79. The van der Waals surface area contributed by atoms with Gasteiger partial charge >= 0.3 is 0 Å². The van der Waals surface area contributed by atoms with Gasteiger partial charge in [-0.3, -0.25) is 0 Å². The summed E-state index contributed by atoms with van der Waals surface area (Å²) in [6, 6.07) is 15.6. The molecule has 0 unspecified atom stereocenters. The zero-order valence-corrected chi connectivity index (χ0v) is 15.6. The van der Waals surface area contributed by atoms with E-state index in [4.69, 9.17) is 0 Å². The molecule has 1 aliphatic heterocycles. The van der Waals surface area contributed by atoms with E-state index in [2.05, 4.69) is 24.3 Å². The lowest BCUT2D eigenvalue weighted by Crippen LogP contribution is -2.30. The maximum atomic E-state index is 13.3. The van der Waals surface area contributed by atoms with Crippen LogP contribution in [0.3, 0.4) is 0 Å². The zero-order chi connectivity index (χ0) is 17.2. The van der Waals surface area contributed by atoms with E-state index in [1.54, 1.807) is 16.4 Å². The molecule has 0 spiro atoms. The van der Waals surface area contributed by atoms with Crippen LogP contribution in [0.2, 0.25) is 0 Å². The summed E-state index contributed by atoms with van der Waals surface area (Å²) in [6.45, 7) is 2.61. The van der Waals surface area contributed by atoms with E-state index in [-0.39, 0.29) is 6.04 Å². The number of hydrogen-bond acceptors (Lipinski definition) is 3. The van der Waals surface area contributed by atoms with Crippen molar-refractivity contribution in [1.29, 1.82) is 0 Å². The first kappa shape index (κ1) is 15.6. The highest BCUT2D eigenvalue weighted by atomic mass is 32.2. The number of rotatable bonds is 2. The Balaban J connectivity index is 1.64. The minimum absolute atomic E-state index is 0.0174. The largest absolute Gasteiger partial charge is 0.243 e. The van der Waals surface area contributed by atoms with Crippen molar-refractivity contribution in [3.8, 4) is 0 Å². The highest BCUT2D eigenvalue weighted by molar-refractivity contribution is 7.89. The first-order chi connectivity index (χ1) is 12.0. The van der Waals surface area contributed by atoms with Gasteiger partial charge in [-0.1, -0.05) is 35.9 Å². The van der Waals surface area contributed by atoms with Crippen molar-refractivity contribution in [2.75, 3.05) is 6.54 Å². The van der Waals surface area contributed by atoms with Crippen molar-refractivity contribution in [3.63, 3.8) is 0 Å². The highest BCUT2D eigenvalue weighted by Crippen LogP contribution is 2.51. The Kier molecular flexibility index (Phi) is 3.36. The quantitative estimate of drug-likeness (QED) is 0.666. The van der Waals surface area contributed by atoms with Crippen molar-refractivity contribution in [1.82, 2.24) is 4.31 Å². The summed E-state index contributed by atoms with van der Waals surface area (Å²) in [5, 5.41) is 1.23. The number of benzene rings is 2. The molecule has 0 N–H and O–H groups in total. The van der Waals surface area contributed by atoms with Gasteiger partial charge in [0, 0.05) is 16.1 Å². The lowest BCUT2D eigenvalue weighted by atomic mass is 9.88. The van der Waals surface area contributed by atoms with Crippen LogP contribution in [0.15, 0.2) is 53.4 Å². The summed E-state index contributed by atoms with van der Waals surface area (Å²) < 4.78 is 29.6. The van der Waals surface area contributed by atoms with Crippen LogP contribution < -0.4 is 0 Å². The van der Waals surface area contributed by atoms with Crippen LogP contribution >= 0.6 is 11.3 Å². The Labute approximate surface area is 152 Å². The van der Waals surface area contributed by atoms with Crippen LogP contribution in [-0.4, -0.2) is 19.3 Å². The van der Waals surface area contributed by atoms with E-state index >= 15 is 0 Å². The number of aryl methyl sites for hydroxylation is 1. The van der Waals surface area contributed by atoms with Gasteiger partial charge in [0.1, 0.15) is 0 Å². The summed E-state index contributed by atoms with van der Waals surface area (Å²) >= 11 is 1.84. The van der Waals surface area contributed by atoms with Gasteiger partial charge in [0.25, 0.3) is 0 Å². The monoisotopic (exact) mass is 369 g/mol. The van der Waals surface area contributed by atoms with Crippen molar-refractivity contribution in [2.45, 2.75) is 30.7 Å². The lowest BCUT2D eigenvalue weighted by molar-refractivity contribution is 0.399. The Hall–Kier alpha value is -1.69. The number of sulfonamides is 1. The van der Waals surface area contributed by atoms with Crippen molar-refractivity contribution in [3.05, 3.63) is 64.5 Å². The Morgan fingerprint density at radius 3 is 2.64 bits per heavy atom. The maximum Gasteiger partial charge on any atom is 0.243 e. The van der Waals surface area contributed by atoms with Crippen LogP contribution in [0.25, 0.3) is 10.1 Å². The molecular formula is C20H19NO2S2. The standard InChI is InChI=1S/C20H19NO2S2/c1-13-6-8-15(9-7-13)25(22,23)21-12-14-10-17(21)20-16-4-2-3-5-18(16)24-19(20)11-14/h2-9,14,17H,10-12H2,1H3/t14-,17+/m1/s1. The van der Waals surface area contributed by atoms with Gasteiger partial charge in [0.2, 0.25) is 10.0 Å². The van der Waals surface area contributed by atoms with Crippen LogP contribution in [0.5, 0.6) is 0 Å². The second-order valence-electron chi connectivity index (χ2n) is 7.14. The van der Waals surface area contributed by atoms with Gasteiger partial charge in [-0.15, -0.1) is 11.3 Å². The topological polar surface area (TPSA) is 37.4 Å². The van der Waals surface area contributed by atoms with Crippen LogP contribution in [-0.2, 0) is 16.4 Å². The minimum Gasteiger partial charge on any atom is -0.207 e. The fraction of sp³-hybridized carbons (Fsp3) is 0.300. The average Bonchev–Trinajstić information content (AvgIpc) is 3.14.